The van der Waals surface area contributed by atoms with Crippen molar-refractivity contribution >= 4 is 35.1 Å². The van der Waals surface area contributed by atoms with E-state index in [1.807, 2.05) is 28.8 Å². The fraction of sp³-hybridized carbons (Fsp3) is 0.346. The summed E-state index contributed by atoms with van der Waals surface area (Å²) >= 11 is 12.1. The van der Waals surface area contributed by atoms with Crippen molar-refractivity contribution in [3.8, 4) is 0 Å². The van der Waals surface area contributed by atoms with Gasteiger partial charge in [-0.25, -0.2) is 9.59 Å². The van der Waals surface area contributed by atoms with E-state index >= 15 is 0 Å². The summed E-state index contributed by atoms with van der Waals surface area (Å²) in [5, 5.41) is 20.5. The average Bonchev–Trinajstić information content (AvgIpc) is 2.79. The van der Waals surface area contributed by atoms with Crippen LogP contribution in [0.1, 0.15) is 49.6 Å². The molecule has 3 rings (SSSR count). The lowest BCUT2D eigenvalue weighted by Crippen LogP contribution is -2.32. The quantitative estimate of drug-likeness (QED) is 0.332. The number of hydrogen-bond donors (Lipinski definition) is 3. The van der Waals surface area contributed by atoms with Crippen molar-refractivity contribution in [3.05, 3.63) is 91.4 Å². The van der Waals surface area contributed by atoms with Crippen LogP contribution in [0.3, 0.4) is 0 Å². The van der Waals surface area contributed by atoms with Crippen molar-refractivity contribution in [2.45, 2.75) is 52.1 Å². The molecule has 1 aromatic carbocycles. The van der Waals surface area contributed by atoms with E-state index < -0.39 is 11.9 Å². The predicted molar refractivity (Wildman–Crippen MR) is 138 cm³/mol. The average molecular weight is 521 g/mol. The number of carboxylic acids is 2. The van der Waals surface area contributed by atoms with Gasteiger partial charge in [0.1, 0.15) is 0 Å². The number of benzene rings is 1. The summed E-state index contributed by atoms with van der Waals surface area (Å²) in [5.41, 5.74) is 4.92. The predicted octanol–water partition coefficient (Wildman–Crippen LogP) is 5.04. The maximum atomic E-state index is 12.4. The van der Waals surface area contributed by atoms with Crippen molar-refractivity contribution in [1.82, 2.24) is 9.88 Å². The molecule has 188 valence electrons. The lowest BCUT2D eigenvalue weighted by molar-refractivity contribution is -0.134. The molecule has 0 bridgehead atoms. The smallest absolute Gasteiger partial charge is 0.328 e. The van der Waals surface area contributed by atoms with Gasteiger partial charge in [0.05, 0.1) is 10.0 Å². The standard InChI is InChI=1S/C22H26Cl2N2O.C4H4O4/c1-15(2)11-13-26-21-5-3-4-20(17(21)7-9-22(26)27)25-12-10-16-6-8-18(23)19(24)14-16;5-3(6)1-2-4(7)8/h6-9,11,14,20,25H,3-5,10,12-13H2,1-2H3;1-2H,(H,5,6)(H,7,8). The molecule has 2 aromatic rings. The van der Waals surface area contributed by atoms with Crippen molar-refractivity contribution in [1.29, 1.82) is 0 Å². The fourth-order valence-electron chi connectivity index (χ4n) is 3.78. The second-order valence-corrected chi connectivity index (χ2v) is 9.19. The van der Waals surface area contributed by atoms with Gasteiger partial charge in [-0.2, -0.15) is 0 Å². The fourth-order valence-corrected chi connectivity index (χ4v) is 4.10. The summed E-state index contributed by atoms with van der Waals surface area (Å²) in [6.07, 6.45) is 7.27. The molecular formula is C26H30Cl2N2O5. The van der Waals surface area contributed by atoms with Crippen LogP contribution in [0.25, 0.3) is 0 Å². The third-order valence-corrected chi connectivity index (χ3v) is 6.19. The second kappa shape index (κ2) is 13.9. The van der Waals surface area contributed by atoms with E-state index in [1.54, 1.807) is 6.07 Å². The molecule has 1 aliphatic carbocycles. The number of nitrogens with zero attached hydrogens (tertiary/aromatic N) is 1. The second-order valence-electron chi connectivity index (χ2n) is 8.37. The van der Waals surface area contributed by atoms with Gasteiger partial charge in [-0.15, -0.1) is 0 Å². The number of rotatable bonds is 8. The van der Waals surface area contributed by atoms with Gasteiger partial charge in [0, 0.05) is 36.5 Å². The van der Waals surface area contributed by atoms with Gasteiger partial charge < -0.3 is 20.1 Å². The van der Waals surface area contributed by atoms with Gasteiger partial charge in [0.25, 0.3) is 5.56 Å². The number of fused-ring (bicyclic) bond motifs is 1. The zero-order valence-corrected chi connectivity index (χ0v) is 21.3. The van der Waals surface area contributed by atoms with Crippen LogP contribution in [0.4, 0.5) is 0 Å². The molecule has 1 aromatic heterocycles. The zero-order valence-electron chi connectivity index (χ0n) is 19.8. The first-order valence-electron chi connectivity index (χ1n) is 11.3. The van der Waals surface area contributed by atoms with Gasteiger partial charge in [0.2, 0.25) is 0 Å². The maximum Gasteiger partial charge on any atom is 0.328 e. The maximum absolute atomic E-state index is 12.4. The number of aliphatic carboxylic acids is 2. The Morgan fingerprint density at radius 1 is 1.09 bits per heavy atom. The molecule has 0 amide bonds. The molecule has 1 unspecified atom stereocenters. The van der Waals surface area contributed by atoms with Crippen molar-refractivity contribution in [2.24, 2.45) is 0 Å². The monoisotopic (exact) mass is 520 g/mol. The Morgan fingerprint density at radius 3 is 2.37 bits per heavy atom. The largest absolute Gasteiger partial charge is 0.478 e. The minimum atomic E-state index is -1.26. The number of carboxylic acid groups (broad SMARTS) is 2. The highest BCUT2D eigenvalue weighted by Gasteiger charge is 2.22. The van der Waals surface area contributed by atoms with Gasteiger partial charge in [-0.3, -0.25) is 4.79 Å². The van der Waals surface area contributed by atoms with Gasteiger partial charge in [-0.1, -0.05) is 47.0 Å². The lowest BCUT2D eigenvalue weighted by atomic mass is 9.90. The number of hydrogen-bond acceptors (Lipinski definition) is 4. The molecule has 0 fully saturated rings. The Morgan fingerprint density at radius 2 is 1.77 bits per heavy atom. The van der Waals surface area contributed by atoms with E-state index in [2.05, 4.69) is 25.2 Å². The van der Waals surface area contributed by atoms with E-state index in [1.165, 1.54) is 22.4 Å². The van der Waals surface area contributed by atoms with Crippen molar-refractivity contribution in [2.75, 3.05) is 6.54 Å². The normalized spacial score (nSPS) is 14.6. The van der Waals surface area contributed by atoms with E-state index in [4.69, 9.17) is 33.4 Å². The summed E-state index contributed by atoms with van der Waals surface area (Å²) in [6.45, 7) is 5.64. The SMILES string of the molecule is CC(C)=CCn1c2c(ccc1=O)C(NCCc1ccc(Cl)c(Cl)c1)CCC2.O=C(O)C=CC(=O)O. The van der Waals surface area contributed by atoms with Crippen LogP contribution in [0.2, 0.25) is 10.0 Å². The van der Waals surface area contributed by atoms with Gasteiger partial charge in [-0.05, 0) is 69.3 Å². The van der Waals surface area contributed by atoms with Crippen LogP contribution >= 0.6 is 23.2 Å². The molecule has 35 heavy (non-hydrogen) atoms. The van der Waals surface area contributed by atoms with E-state index in [-0.39, 0.29) is 11.6 Å². The topological polar surface area (TPSA) is 109 Å². The van der Waals surface area contributed by atoms with Crippen LogP contribution in [0.5, 0.6) is 0 Å². The summed E-state index contributed by atoms with van der Waals surface area (Å²) < 4.78 is 1.93. The molecule has 0 radical (unpaired) electrons. The van der Waals surface area contributed by atoms with Gasteiger partial charge in [0.15, 0.2) is 0 Å². The summed E-state index contributed by atoms with van der Waals surface area (Å²) in [5.74, 6) is -2.51. The molecule has 0 saturated heterocycles. The molecule has 0 spiro atoms. The lowest BCUT2D eigenvalue weighted by Gasteiger charge is -2.28. The molecule has 1 atom stereocenters. The van der Waals surface area contributed by atoms with Crippen LogP contribution < -0.4 is 10.9 Å². The molecule has 1 aliphatic rings. The Bertz CT molecular complexity index is 1150. The first kappa shape index (κ1) is 28.4. The number of pyridine rings is 1. The minimum Gasteiger partial charge on any atom is -0.478 e. The highest BCUT2D eigenvalue weighted by atomic mass is 35.5. The molecule has 9 heteroatoms. The minimum absolute atomic E-state index is 0.0858. The van der Waals surface area contributed by atoms with Crippen LogP contribution in [0.15, 0.2) is 58.9 Å². The van der Waals surface area contributed by atoms with Crippen LogP contribution in [0, 0.1) is 0 Å². The molecule has 3 N–H and O–H groups in total. The van der Waals surface area contributed by atoms with Crippen molar-refractivity contribution < 1.29 is 19.8 Å². The van der Waals surface area contributed by atoms with E-state index in [9.17, 15) is 14.4 Å². The first-order chi connectivity index (χ1) is 16.6. The highest BCUT2D eigenvalue weighted by Crippen LogP contribution is 2.29. The zero-order chi connectivity index (χ0) is 26.0. The Labute approximate surface area is 214 Å². The van der Waals surface area contributed by atoms with Crippen LogP contribution in [-0.4, -0.2) is 33.3 Å². The Balaban J connectivity index is 0.000000466. The molecule has 0 aliphatic heterocycles. The molecule has 1 heterocycles. The van der Waals surface area contributed by atoms with Gasteiger partial charge >= 0.3 is 11.9 Å². The van der Waals surface area contributed by atoms with E-state index in [0.29, 0.717) is 28.7 Å². The van der Waals surface area contributed by atoms with E-state index in [0.717, 1.165) is 32.2 Å². The summed E-state index contributed by atoms with van der Waals surface area (Å²) in [7, 11) is 0. The number of allylic oxidation sites excluding steroid dienone is 2. The van der Waals surface area contributed by atoms with Crippen LogP contribution in [-0.2, 0) is 29.0 Å². The molecular weight excluding hydrogens is 491 g/mol. The van der Waals surface area contributed by atoms with Crippen molar-refractivity contribution in [3.63, 3.8) is 0 Å². The number of aromatic nitrogens is 1. The number of halogens is 2. The third-order valence-electron chi connectivity index (χ3n) is 5.45. The number of carbonyl (C=O) groups is 2. The highest BCUT2D eigenvalue weighted by molar-refractivity contribution is 6.42. The first-order valence-corrected chi connectivity index (χ1v) is 12.0. The number of nitrogens with one attached hydrogen (secondary N) is 1. The Hall–Kier alpha value is -2.87. The molecule has 0 saturated carbocycles. The summed E-state index contributed by atoms with van der Waals surface area (Å²) in [6, 6.07) is 9.79. The Kier molecular flexibility index (Phi) is 11.2. The third kappa shape index (κ3) is 9.36. The summed E-state index contributed by atoms with van der Waals surface area (Å²) in [4.78, 5) is 31.5. The molecule has 7 nitrogen and oxygen atoms in total.